The molecule has 90 valence electrons. The minimum Gasteiger partial charge on any atom is -0.172 e. The van der Waals surface area contributed by atoms with Crippen molar-refractivity contribution in [2.24, 2.45) is 0 Å². The van der Waals surface area contributed by atoms with E-state index in [1.54, 1.807) is 0 Å². The Morgan fingerprint density at radius 2 is 1.28 bits per heavy atom. The Bertz CT molecular complexity index is 639. The first kappa shape index (κ1) is 12.3. The average Bonchev–Trinajstić information content (AvgIpc) is 2.98. The van der Waals surface area contributed by atoms with Crippen molar-refractivity contribution in [1.82, 2.24) is 17.5 Å². The van der Waals surface area contributed by atoms with Crippen LogP contribution in [0.5, 0.6) is 0 Å². The van der Waals surface area contributed by atoms with Gasteiger partial charge in [0.25, 0.3) is 0 Å². The van der Waals surface area contributed by atoms with Crippen molar-refractivity contribution in [3.63, 3.8) is 0 Å². The van der Waals surface area contributed by atoms with Crippen LogP contribution in [0.25, 0.3) is 22.5 Å². The first-order chi connectivity index (χ1) is 8.75. The molecule has 18 heavy (non-hydrogen) atoms. The van der Waals surface area contributed by atoms with Gasteiger partial charge in [-0.25, -0.2) is 0 Å². The normalized spacial score (nSPS) is 10.8. The molecule has 4 nitrogen and oxygen atoms in total. The fourth-order valence-corrected chi connectivity index (χ4v) is 3.72. The van der Waals surface area contributed by atoms with E-state index < -0.39 is 0 Å². The van der Waals surface area contributed by atoms with E-state index in [4.69, 9.17) is 0 Å². The standard InChI is InChI=1S/C10H4Br2N4S2/c11-9-7(13-17-15-9)5-2-1-3-6(4-5)8-10(12)16-18-14-8/h1-4H. The van der Waals surface area contributed by atoms with E-state index in [-0.39, 0.29) is 0 Å². The molecule has 8 heteroatoms. The molecule has 0 fully saturated rings. The van der Waals surface area contributed by atoms with Gasteiger partial charge >= 0.3 is 0 Å². The maximum atomic E-state index is 4.27. The van der Waals surface area contributed by atoms with Gasteiger partial charge in [0.1, 0.15) is 20.6 Å². The fourth-order valence-electron chi connectivity index (χ4n) is 1.51. The first-order valence-electron chi connectivity index (χ1n) is 4.82. The van der Waals surface area contributed by atoms with Gasteiger partial charge in [-0.1, -0.05) is 18.2 Å². The summed E-state index contributed by atoms with van der Waals surface area (Å²) in [5.41, 5.74) is 3.71. The van der Waals surface area contributed by atoms with E-state index in [1.165, 1.54) is 23.5 Å². The molecular weight excluding hydrogens is 400 g/mol. The molecule has 3 aromatic rings. The number of nitrogens with zero attached hydrogens (tertiary/aromatic N) is 4. The van der Waals surface area contributed by atoms with Gasteiger partial charge in [0.05, 0.1) is 23.5 Å². The monoisotopic (exact) mass is 402 g/mol. The number of rotatable bonds is 2. The highest BCUT2D eigenvalue weighted by Crippen LogP contribution is 2.31. The van der Waals surface area contributed by atoms with Crippen molar-refractivity contribution in [3.05, 3.63) is 33.5 Å². The highest BCUT2D eigenvalue weighted by molar-refractivity contribution is 9.10. The lowest BCUT2D eigenvalue weighted by Crippen LogP contribution is -1.83. The van der Waals surface area contributed by atoms with Crippen molar-refractivity contribution in [2.45, 2.75) is 0 Å². The van der Waals surface area contributed by atoms with Crippen LogP contribution in [-0.2, 0) is 0 Å². The lowest BCUT2D eigenvalue weighted by molar-refractivity contribution is 1.42. The number of benzene rings is 1. The second-order valence-electron chi connectivity index (χ2n) is 3.39. The molecule has 0 saturated carbocycles. The molecule has 3 rings (SSSR count). The summed E-state index contributed by atoms with van der Waals surface area (Å²) in [5.74, 6) is 0. The Morgan fingerprint density at radius 1 is 0.778 bits per heavy atom. The Hall–Kier alpha value is -0.700. The quantitative estimate of drug-likeness (QED) is 0.641. The third-order valence-corrected chi connectivity index (χ3v) is 4.94. The molecule has 0 bridgehead atoms. The highest BCUT2D eigenvalue weighted by Gasteiger charge is 2.12. The van der Waals surface area contributed by atoms with Crippen LogP contribution >= 0.6 is 55.3 Å². The molecular formula is C10H4Br2N4S2. The minimum atomic E-state index is 0.764. The maximum Gasteiger partial charge on any atom is 0.147 e. The zero-order chi connectivity index (χ0) is 12.5. The average molecular weight is 404 g/mol. The van der Waals surface area contributed by atoms with Gasteiger partial charge in [0, 0.05) is 11.1 Å². The highest BCUT2D eigenvalue weighted by atomic mass is 79.9. The van der Waals surface area contributed by atoms with Gasteiger partial charge in [0.2, 0.25) is 0 Å². The summed E-state index contributed by atoms with van der Waals surface area (Å²) >= 11 is 9.16. The Balaban J connectivity index is 2.11. The Morgan fingerprint density at radius 3 is 1.67 bits per heavy atom. The molecule has 2 heterocycles. The number of hydrogen-bond acceptors (Lipinski definition) is 6. The molecule has 1 aromatic carbocycles. The number of halogens is 2. The van der Waals surface area contributed by atoms with Crippen molar-refractivity contribution < 1.29 is 0 Å². The summed E-state index contributed by atoms with van der Waals surface area (Å²) in [7, 11) is 0. The lowest BCUT2D eigenvalue weighted by Gasteiger charge is -2.01. The van der Waals surface area contributed by atoms with E-state index in [0.29, 0.717) is 0 Å². The van der Waals surface area contributed by atoms with E-state index in [0.717, 1.165) is 31.7 Å². The second-order valence-corrected chi connectivity index (χ2v) is 5.95. The molecule has 0 aliphatic heterocycles. The van der Waals surface area contributed by atoms with Crippen LogP contribution in [0.15, 0.2) is 33.5 Å². The summed E-state index contributed by atoms with van der Waals surface area (Å²) in [6, 6.07) is 8.00. The van der Waals surface area contributed by atoms with Crippen LogP contribution in [-0.4, -0.2) is 17.5 Å². The molecule has 0 atom stereocenters. The second kappa shape index (κ2) is 5.12. The summed E-state index contributed by atoms with van der Waals surface area (Å²) < 4.78 is 18.3. The molecule has 0 unspecified atom stereocenters. The Labute approximate surface area is 128 Å². The van der Waals surface area contributed by atoms with Crippen molar-refractivity contribution in [1.29, 1.82) is 0 Å². The van der Waals surface area contributed by atoms with Gasteiger partial charge in [-0.15, -0.1) is 0 Å². The topological polar surface area (TPSA) is 51.6 Å². The van der Waals surface area contributed by atoms with Crippen LogP contribution < -0.4 is 0 Å². The van der Waals surface area contributed by atoms with E-state index in [2.05, 4.69) is 49.4 Å². The molecule has 0 N–H and O–H groups in total. The zero-order valence-electron chi connectivity index (χ0n) is 8.67. The predicted octanol–water partition coefficient (Wildman–Crippen LogP) is 4.25. The molecule has 0 aliphatic rings. The van der Waals surface area contributed by atoms with Crippen LogP contribution in [0.3, 0.4) is 0 Å². The SMILES string of the molecule is Brc1nsnc1-c1cccc(-c2nsnc2Br)c1. The predicted molar refractivity (Wildman–Crippen MR) is 79.6 cm³/mol. The summed E-state index contributed by atoms with van der Waals surface area (Å²) in [6.45, 7) is 0. The van der Waals surface area contributed by atoms with Crippen molar-refractivity contribution >= 4 is 55.3 Å². The molecule has 0 spiro atoms. The van der Waals surface area contributed by atoms with Crippen LogP contribution in [0.4, 0.5) is 0 Å². The van der Waals surface area contributed by atoms with Crippen LogP contribution in [0, 0.1) is 0 Å². The van der Waals surface area contributed by atoms with Crippen LogP contribution in [0.2, 0.25) is 0 Å². The van der Waals surface area contributed by atoms with Gasteiger partial charge in [0.15, 0.2) is 0 Å². The largest absolute Gasteiger partial charge is 0.172 e. The van der Waals surface area contributed by atoms with E-state index in [9.17, 15) is 0 Å². The van der Waals surface area contributed by atoms with Gasteiger partial charge < -0.3 is 0 Å². The molecule has 0 saturated heterocycles. The zero-order valence-corrected chi connectivity index (χ0v) is 13.5. The van der Waals surface area contributed by atoms with E-state index >= 15 is 0 Å². The lowest BCUT2D eigenvalue weighted by atomic mass is 10.1. The fraction of sp³-hybridized carbons (Fsp3) is 0. The van der Waals surface area contributed by atoms with Gasteiger partial charge in [-0.05, 0) is 37.9 Å². The third-order valence-electron chi connectivity index (χ3n) is 2.31. The first-order valence-corrected chi connectivity index (χ1v) is 7.87. The van der Waals surface area contributed by atoms with Crippen molar-refractivity contribution in [3.8, 4) is 22.5 Å². The summed E-state index contributed by atoms with van der Waals surface area (Å²) in [4.78, 5) is 0. The Kier molecular flexibility index (Phi) is 3.51. The van der Waals surface area contributed by atoms with Gasteiger partial charge in [-0.3, -0.25) is 0 Å². The number of hydrogen-bond donors (Lipinski definition) is 0. The molecule has 0 radical (unpaired) electrons. The summed E-state index contributed by atoms with van der Waals surface area (Å²) in [5, 5.41) is 0. The maximum absolute atomic E-state index is 4.27. The molecule has 0 aliphatic carbocycles. The minimum absolute atomic E-state index is 0.764. The molecule has 0 amide bonds. The summed E-state index contributed by atoms with van der Waals surface area (Å²) in [6.07, 6.45) is 0. The van der Waals surface area contributed by atoms with Gasteiger partial charge in [-0.2, -0.15) is 17.5 Å². The molecule has 2 aromatic heterocycles. The number of aromatic nitrogens is 4. The third kappa shape index (κ3) is 2.25. The van der Waals surface area contributed by atoms with E-state index in [1.807, 2.05) is 24.3 Å². The smallest absolute Gasteiger partial charge is 0.147 e. The van der Waals surface area contributed by atoms with Crippen LogP contribution in [0.1, 0.15) is 0 Å². The van der Waals surface area contributed by atoms with Crippen molar-refractivity contribution in [2.75, 3.05) is 0 Å².